The van der Waals surface area contributed by atoms with Gasteiger partial charge in [0.2, 0.25) is 10.0 Å². The molecule has 1 amide bonds. The first-order valence-electron chi connectivity index (χ1n) is 7.93. The molecule has 1 N–H and O–H groups in total. The lowest BCUT2D eigenvalue weighted by molar-refractivity contribution is 0.102. The van der Waals surface area contributed by atoms with Gasteiger partial charge in [0, 0.05) is 35.6 Å². The second-order valence-corrected chi connectivity index (χ2v) is 9.75. The van der Waals surface area contributed by atoms with Gasteiger partial charge >= 0.3 is 0 Å². The summed E-state index contributed by atoms with van der Waals surface area (Å²) in [6.45, 7) is 0. The molecule has 3 aromatic rings. The molecule has 6 nitrogen and oxygen atoms in total. The van der Waals surface area contributed by atoms with E-state index in [0.717, 1.165) is 9.87 Å². The van der Waals surface area contributed by atoms with E-state index in [1.54, 1.807) is 12.1 Å². The second kappa shape index (κ2) is 8.18. The number of anilines is 1. The maximum atomic E-state index is 12.6. The molecule has 0 atom stereocenters. The topological polar surface area (TPSA) is 79.4 Å². The van der Waals surface area contributed by atoms with Crippen LogP contribution >= 0.6 is 34.5 Å². The first-order chi connectivity index (χ1) is 13.2. The van der Waals surface area contributed by atoms with E-state index < -0.39 is 15.9 Å². The number of hydrogen-bond donors (Lipinski definition) is 1. The Kier molecular flexibility index (Phi) is 6.07. The van der Waals surface area contributed by atoms with Crippen molar-refractivity contribution in [2.75, 3.05) is 19.4 Å². The fourth-order valence-corrected chi connectivity index (χ4v) is 4.53. The van der Waals surface area contributed by atoms with Gasteiger partial charge in [0.25, 0.3) is 5.91 Å². The average Bonchev–Trinajstić information content (AvgIpc) is 3.10. The highest BCUT2D eigenvalue weighted by Crippen LogP contribution is 2.28. The van der Waals surface area contributed by atoms with Crippen LogP contribution in [0.2, 0.25) is 10.0 Å². The van der Waals surface area contributed by atoms with Crippen LogP contribution < -0.4 is 5.32 Å². The third kappa shape index (κ3) is 4.37. The summed E-state index contributed by atoms with van der Waals surface area (Å²) >= 11 is 13.2. The van der Waals surface area contributed by atoms with Crippen LogP contribution in [0, 0.1) is 0 Å². The molecule has 2 aromatic carbocycles. The molecule has 10 heteroatoms. The van der Waals surface area contributed by atoms with Gasteiger partial charge < -0.3 is 0 Å². The average molecular weight is 456 g/mol. The lowest BCUT2D eigenvalue weighted by Crippen LogP contribution is -2.23. The van der Waals surface area contributed by atoms with Gasteiger partial charge in [0.15, 0.2) is 5.13 Å². The van der Waals surface area contributed by atoms with E-state index in [2.05, 4.69) is 10.3 Å². The SMILES string of the molecule is CN(C)S(=O)(=O)c1cc(C(=O)Nc2nc(-c3ccc(Cl)cc3)cs2)ccc1Cl. The van der Waals surface area contributed by atoms with Gasteiger partial charge in [-0.05, 0) is 30.3 Å². The molecule has 28 heavy (non-hydrogen) atoms. The first kappa shape index (κ1) is 20.8. The molecule has 1 heterocycles. The largest absolute Gasteiger partial charge is 0.298 e. The highest BCUT2D eigenvalue weighted by molar-refractivity contribution is 7.89. The lowest BCUT2D eigenvalue weighted by Gasteiger charge is -2.13. The van der Waals surface area contributed by atoms with Gasteiger partial charge in [-0.2, -0.15) is 0 Å². The highest BCUT2D eigenvalue weighted by atomic mass is 35.5. The Morgan fingerprint density at radius 1 is 1.11 bits per heavy atom. The van der Waals surface area contributed by atoms with Crippen molar-refractivity contribution < 1.29 is 13.2 Å². The summed E-state index contributed by atoms with van der Waals surface area (Å²) in [5.41, 5.74) is 1.73. The van der Waals surface area contributed by atoms with E-state index in [-0.39, 0.29) is 15.5 Å². The predicted molar refractivity (Wildman–Crippen MR) is 113 cm³/mol. The zero-order chi connectivity index (χ0) is 20.5. The Morgan fingerprint density at radius 2 is 1.79 bits per heavy atom. The number of sulfonamides is 1. The minimum atomic E-state index is -3.77. The maximum Gasteiger partial charge on any atom is 0.257 e. The van der Waals surface area contributed by atoms with Crippen molar-refractivity contribution in [3.63, 3.8) is 0 Å². The van der Waals surface area contributed by atoms with Gasteiger partial charge in [0.05, 0.1) is 10.7 Å². The Balaban J connectivity index is 1.83. The number of hydrogen-bond acceptors (Lipinski definition) is 5. The number of nitrogens with one attached hydrogen (secondary N) is 1. The zero-order valence-corrected chi connectivity index (χ0v) is 18.0. The number of amides is 1. The van der Waals surface area contributed by atoms with Crippen molar-refractivity contribution in [1.82, 2.24) is 9.29 Å². The van der Waals surface area contributed by atoms with Crippen molar-refractivity contribution in [2.24, 2.45) is 0 Å². The van der Waals surface area contributed by atoms with Crippen molar-refractivity contribution in [3.05, 3.63) is 63.5 Å². The van der Waals surface area contributed by atoms with Crippen LogP contribution in [0.1, 0.15) is 10.4 Å². The van der Waals surface area contributed by atoms with Crippen LogP contribution in [-0.2, 0) is 10.0 Å². The van der Waals surface area contributed by atoms with Crippen LogP contribution in [-0.4, -0.2) is 37.7 Å². The second-order valence-electron chi connectivity index (χ2n) is 5.93. The first-order valence-corrected chi connectivity index (χ1v) is 11.0. The summed E-state index contributed by atoms with van der Waals surface area (Å²) in [6.07, 6.45) is 0. The lowest BCUT2D eigenvalue weighted by atomic mass is 10.2. The minimum absolute atomic E-state index is 0.0459. The Morgan fingerprint density at radius 3 is 2.43 bits per heavy atom. The molecule has 1 aromatic heterocycles. The molecule has 0 aliphatic carbocycles. The van der Waals surface area contributed by atoms with Crippen molar-refractivity contribution in [2.45, 2.75) is 4.90 Å². The van der Waals surface area contributed by atoms with Crippen LogP contribution in [0.4, 0.5) is 5.13 Å². The molecular weight excluding hydrogens is 441 g/mol. The smallest absolute Gasteiger partial charge is 0.257 e. The molecule has 0 radical (unpaired) electrons. The summed E-state index contributed by atoms with van der Waals surface area (Å²) in [4.78, 5) is 16.8. The number of aromatic nitrogens is 1. The van der Waals surface area contributed by atoms with Crippen LogP contribution in [0.5, 0.6) is 0 Å². The normalized spacial score (nSPS) is 11.6. The van der Waals surface area contributed by atoms with Gasteiger partial charge in [-0.1, -0.05) is 35.3 Å². The van der Waals surface area contributed by atoms with E-state index in [1.165, 1.54) is 43.6 Å². The van der Waals surface area contributed by atoms with E-state index in [1.807, 2.05) is 17.5 Å². The number of halogens is 2. The molecule has 0 saturated carbocycles. The van der Waals surface area contributed by atoms with E-state index in [4.69, 9.17) is 23.2 Å². The summed E-state index contributed by atoms with van der Waals surface area (Å²) in [6, 6.07) is 11.3. The third-order valence-corrected chi connectivity index (χ3v) is 7.12. The molecular formula is C18H15Cl2N3O3S2. The monoisotopic (exact) mass is 455 g/mol. The number of benzene rings is 2. The molecule has 146 valence electrons. The fourth-order valence-electron chi connectivity index (χ4n) is 2.29. The van der Waals surface area contributed by atoms with Crippen molar-refractivity contribution in [3.8, 4) is 11.3 Å². The van der Waals surface area contributed by atoms with E-state index in [0.29, 0.717) is 15.8 Å². The summed E-state index contributed by atoms with van der Waals surface area (Å²) < 4.78 is 25.8. The predicted octanol–water partition coefficient (Wildman–Crippen LogP) is 4.62. The number of nitrogens with zero attached hydrogens (tertiary/aromatic N) is 2. The fraction of sp³-hybridized carbons (Fsp3) is 0.111. The molecule has 0 aliphatic heterocycles. The summed E-state index contributed by atoms with van der Waals surface area (Å²) in [5.74, 6) is -0.483. The van der Waals surface area contributed by atoms with E-state index in [9.17, 15) is 13.2 Å². The zero-order valence-electron chi connectivity index (χ0n) is 14.8. The quantitative estimate of drug-likeness (QED) is 0.608. The standard InChI is InChI=1S/C18H15Cl2N3O3S2/c1-23(2)28(25,26)16-9-12(5-8-14(16)20)17(24)22-18-21-15(10-27-18)11-3-6-13(19)7-4-11/h3-10H,1-2H3,(H,21,22,24). The maximum absolute atomic E-state index is 12.6. The van der Waals surface area contributed by atoms with Gasteiger partial charge in [-0.25, -0.2) is 17.7 Å². The molecule has 0 saturated heterocycles. The third-order valence-electron chi connectivity index (χ3n) is 3.82. The van der Waals surface area contributed by atoms with Gasteiger partial charge in [0.1, 0.15) is 4.90 Å². The van der Waals surface area contributed by atoms with E-state index >= 15 is 0 Å². The number of rotatable bonds is 5. The summed E-state index contributed by atoms with van der Waals surface area (Å²) in [5, 5.41) is 5.55. The molecule has 0 unspecified atom stereocenters. The van der Waals surface area contributed by atoms with Gasteiger partial charge in [-0.15, -0.1) is 11.3 Å². The Bertz CT molecular complexity index is 1130. The van der Waals surface area contributed by atoms with Gasteiger partial charge in [-0.3, -0.25) is 10.1 Å². The highest BCUT2D eigenvalue weighted by Gasteiger charge is 2.22. The van der Waals surface area contributed by atoms with Crippen LogP contribution in [0.3, 0.4) is 0 Å². The molecule has 0 spiro atoms. The Labute approximate surface area is 176 Å². The molecule has 0 aliphatic rings. The van der Waals surface area contributed by atoms with Crippen molar-refractivity contribution >= 4 is 55.6 Å². The number of carbonyl (C=O) groups is 1. The van der Waals surface area contributed by atoms with Crippen LogP contribution in [0.25, 0.3) is 11.3 Å². The Hall–Kier alpha value is -1.97. The minimum Gasteiger partial charge on any atom is -0.298 e. The molecule has 0 bridgehead atoms. The molecule has 3 rings (SSSR count). The number of carbonyl (C=O) groups excluding carboxylic acids is 1. The summed E-state index contributed by atoms with van der Waals surface area (Å²) in [7, 11) is -0.984. The van der Waals surface area contributed by atoms with Crippen LogP contribution in [0.15, 0.2) is 52.7 Å². The number of thiazole rings is 1. The molecule has 0 fully saturated rings. The van der Waals surface area contributed by atoms with Crippen molar-refractivity contribution in [1.29, 1.82) is 0 Å².